The average Bonchev–Trinajstić information content (AvgIpc) is 3.27. The van der Waals surface area contributed by atoms with Crippen LogP contribution in [-0.2, 0) is 4.74 Å². The van der Waals surface area contributed by atoms with Crippen LogP contribution in [0.15, 0.2) is 36.0 Å². The van der Waals surface area contributed by atoms with Crippen molar-refractivity contribution in [3.8, 4) is 5.75 Å². The number of hydrogen-bond acceptors (Lipinski definition) is 10. The maximum absolute atomic E-state index is 15.0. The number of carbonyl (C=O) groups is 1. The molecule has 4 heterocycles. The SMILES string of the molecule is CC(=N)/C(=N\NC1CCN(C(=O)OC(C)(C)C)C[C@@H]1F)c1cc(OCC(O)c2ncc(F)cn2)c2c(Cl)cnn2c1. The minimum Gasteiger partial charge on any atom is -0.488 e. The molecule has 1 saturated heterocycles. The molecule has 0 aliphatic carbocycles. The fourth-order valence-corrected chi connectivity index (χ4v) is 4.30. The fourth-order valence-electron chi connectivity index (χ4n) is 4.08. The molecule has 3 N–H and O–H groups in total. The maximum Gasteiger partial charge on any atom is 0.410 e. The highest BCUT2D eigenvalue weighted by molar-refractivity contribution is 6.46. The molecule has 12 nitrogen and oxygen atoms in total. The average molecular weight is 593 g/mol. The third-order valence-electron chi connectivity index (χ3n) is 6.03. The van der Waals surface area contributed by atoms with Crippen molar-refractivity contribution in [2.45, 2.75) is 58.0 Å². The molecule has 1 aliphatic rings. The van der Waals surface area contributed by atoms with E-state index < -0.39 is 35.8 Å². The number of rotatable bonds is 8. The monoisotopic (exact) mass is 592 g/mol. The lowest BCUT2D eigenvalue weighted by atomic mass is 10.0. The van der Waals surface area contributed by atoms with Crippen LogP contribution < -0.4 is 10.2 Å². The lowest BCUT2D eigenvalue weighted by Crippen LogP contribution is -2.52. The van der Waals surface area contributed by atoms with Crippen LogP contribution in [0.3, 0.4) is 0 Å². The molecule has 3 aromatic rings. The van der Waals surface area contributed by atoms with Gasteiger partial charge in [0.25, 0.3) is 0 Å². The molecule has 0 saturated carbocycles. The van der Waals surface area contributed by atoms with Gasteiger partial charge in [-0.2, -0.15) is 10.2 Å². The van der Waals surface area contributed by atoms with Crippen LogP contribution in [-0.4, -0.2) is 84.6 Å². The third kappa shape index (κ3) is 7.44. The Kier molecular flexibility index (Phi) is 9.02. The van der Waals surface area contributed by atoms with Gasteiger partial charge < -0.3 is 30.3 Å². The zero-order valence-electron chi connectivity index (χ0n) is 22.9. The van der Waals surface area contributed by atoms with Crippen LogP contribution in [0.5, 0.6) is 5.75 Å². The second-order valence-corrected chi connectivity index (χ2v) is 10.9. The molecule has 1 fully saturated rings. The summed E-state index contributed by atoms with van der Waals surface area (Å²) in [4.78, 5) is 21.2. The second kappa shape index (κ2) is 12.3. The van der Waals surface area contributed by atoms with Gasteiger partial charge in [0.15, 0.2) is 11.6 Å². The Hall–Kier alpha value is -3.91. The van der Waals surface area contributed by atoms with Crippen molar-refractivity contribution >= 4 is 34.6 Å². The highest BCUT2D eigenvalue weighted by Crippen LogP contribution is 2.29. The van der Waals surface area contributed by atoms with E-state index >= 15 is 4.39 Å². The van der Waals surface area contributed by atoms with E-state index in [-0.39, 0.29) is 54.1 Å². The second-order valence-electron chi connectivity index (χ2n) is 10.5. The number of alkyl halides is 1. The van der Waals surface area contributed by atoms with Gasteiger partial charge in [0, 0.05) is 18.3 Å². The van der Waals surface area contributed by atoms with Crippen molar-refractivity contribution in [1.82, 2.24) is 29.9 Å². The number of aliphatic hydroxyl groups excluding tert-OH is 1. The van der Waals surface area contributed by atoms with E-state index in [4.69, 9.17) is 26.5 Å². The van der Waals surface area contributed by atoms with Crippen LogP contribution in [0.2, 0.25) is 5.02 Å². The van der Waals surface area contributed by atoms with Crippen molar-refractivity contribution in [2.24, 2.45) is 5.10 Å². The summed E-state index contributed by atoms with van der Waals surface area (Å²) in [5, 5.41) is 27.5. The predicted octanol–water partition coefficient (Wildman–Crippen LogP) is 3.71. The van der Waals surface area contributed by atoms with E-state index in [0.29, 0.717) is 11.1 Å². The van der Waals surface area contributed by atoms with Gasteiger partial charge >= 0.3 is 6.09 Å². The molecule has 1 amide bonds. The summed E-state index contributed by atoms with van der Waals surface area (Å²) in [6, 6.07) is 0.866. The molecule has 220 valence electrons. The first-order valence-electron chi connectivity index (χ1n) is 12.8. The zero-order valence-corrected chi connectivity index (χ0v) is 23.7. The summed E-state index contributed by atoms with van der Waals surface area (Å²) in [6.45, 7) is 6.59. The molecule has 41 heavy (non-hydrogen) atoms. The van der Waals surface area contributed by atoms with E-state index in [2.05, 4.69) is 25.6 Å². The molecular formula is C26H31ClF2N8O4. The third-order valence-corrected chi connectivity index (χ3v) is 6.31. The number of aromatic nitrogens is 4. The number of pyridine rings is 1. The summed E-state index contributed by atoms with van der Waals surface area (Å²) in [6.07, 6.45) is 1.87. The normalized spacial score (nSPS) is 18.7. The number of amides is 1. The summed E-state index contributed by atoms with van der Waals surface area (Å²) in [7, 11) is 0. The number of carbonyl (C=O) groups excluding carboxylic acids is 1. The van der Waals surface area contributed by atoms with Gasteiger partial charge in [0.05, 0.1) is 41.9 Å². The van der Waals surface area contributed by atoms with E-state index in [0.717, 1.165) is 12.4 Å². The van der Waals surface area contributed by atoms with Gasteiger partial charge in [-0.05, 0) is 40.2 Å². The standard InChI is InChI=1S/C26H31ClF2N8O4/c1-14(30)22(35-34-19-5-6-36(12-18(19)29)25(39)41-26(2,3)4)15-7-21(23-17(27)10-33-37(23)11-15)40-13-20(38)24-31-8-16(28)9-32-24/h7-11,18-20,30,34,38H,5-6,12-13H2,1-4H3/b30-14?,35-22+/t18-,19?,20?/m0/s1. The Morgan fingerprint density at radius 2 is 2.05 bits per heavy atom. The number of piperidine rings is 1. The molecule has 2 unspecified atom stereocenters. The van der Waals surface area contributed by atoms with Crippen LogP contribution in [0.4, 0.5) is 13.6 Å². The Labute approximate surface area is 239 Å². The Morgan fingerprint density at radius 1 is 1.34 bits per heavy atom. The number of fused-ring (bicyclic) bond motifs is 1. The molecule has 3 aromatic heterocycles. The van der Waals surface area contributed by atoms with Crippen molar-refractivity contribution < 1.29 is 28.2 Å². The van der Waals surface area contributed by atoms with Gasteiger partial charge in [0.1, 0.15) is 41.5 Å². The van der Waals surface area contributed by atoms with Gasteiger partial charge in [-0.15, -0.1) is 0 Å². The van der Waals surface area contributed by atoms with Crippen LogP contribution >= 0.6 is 11.6 Å². The zero-order chi connectivity index (χ0) is 29.9. The molecule has 3 atom stereocenters. The number of nitrogens with one attached hydrogen (secondary N) is 2. The van der Waals surface area contributed by atoms with Crippen molar-refractivity contribution in [3.63, 3.8) is 0 Å². The number of halogens is 3. The predicted molar refractivity (Wildman–Crippen MR) is 147 cm³/mol. The number of hydrazone groups is 1. The Morgan fingerprint density at radius 3 is 2.68 bits per heavy atom. The first-order valence-corrected chi connectivity index (χ1v) is 13.2. The Bertz CT molecular complexity index is 1440. The minimum atomic E-state index is -1.42. The first kappa shape index (κ1) is 30.1. The van der Waals surface area contributed by atoms with E-state index in [1.807, 2.05) is 0 Å². The minimum absolute atomic E-state index is 0.0292. The summed E-state index contributed by atoms with van der Waals surface area (Å²) >= 11 is 6.31. The van der Waals surface area contributed by atoms with Crippen molar-refractivity contribution in [2.75, 3.05) is 19.7 Å². The number of likely N-dealkylation sites (tertiary alicyclic amines) is 1. The molecule has 1 aliphatic heterocycles. The van der Waals surface area contributed by atoms with Crippen molar-refractivity contribution in [3.05, 3.63) is 53.1 Å². The number of aliphatic hydroxyl groups is 1. The lowest BCUT2D eigenvalue weighted by molar-refractivity contribution is 0.00952. The summed E-state index contributed by atoms with van der Waals surface area (Å²) in [5.41, 5.74) is 3.19. The molecule has 15 heteroatoms. The highest BCUT2D eigenvalue weighted by atomic mass is 35.5. The first-order chi connectivity index (χ1) is 19.3. The smallest absolute Gasteiger partial charge is 0.410 e. The molecule has 0 aromatic carbocycles. The number of hydrogen-bond donors (Lipinski definition) is 3. The molecule has 4 rings (SSSR count). The number of ether oxygens (including phenoxy) is 2. The Balaban J connectivity index is 1.52. The molecule has 0 bridgehead atoms. The van der Waals surface area contributed by atoms with Crippen molar-refractivity contribution in [1.29, 1.82) is 5.41 Å². The van der Waals surface area contributed by atoms with Crippen LogP contribution in [0.25, 0.3) is 5.52 Å². The van der Waals surface area contributed by atoms with Gasteiger partial charge in [0.2, 0.25) is 0 Å². The largest absolute Gasteiger partial charge is 0.488 e. The van der Waals surface area contributed by atoms with E-state index in [9.17, 15) is 14.3 Å². The molecule has 0 spiro atoms. The van der Waals surface area contributed by atoms with E-state index in [1.165, 1.54) is 22.5 Å². The summed E-state index contributed by atoms with van der Waals surface area (Å²) < 4.78 is 40.8. The maximum atomic E-state index is 15.0. The lowest BCUT2D eigenvalue weighted by Gasteiger charge is -2.35. The topological polar surface area (TPSA) is 150 Å². The summed E-state index contributed by atoms with van der Waals surface area (Å²) in [5.74, 6) is -0.454. The highest BCUT2D eigenvalue weighted by Gasteiger charge is 2.33. The fraction of sp³-hybridized carbons (Fsp3) is 0.462. The molecular weight excluding hydrogens is 562 g/mol. The van der Waals surface area contributed by atoms with E-state index in [1.54, 1.807) is 33.0 Å². The van der Waals surface area contributed by atoms with Crippen LogP contribution in [0, 0.1) is 11.2 Å². The van der Waals surface area contributed by atoms with Crippen LogP contribution in [0.1, 0.15) is 51.6 Å². The quantitative estimate of drug-likeness (QED) is 0.265. The van der Waals surface area contributed by atoms with Gasteiger partial charge in [-0.25, -0.2) is 28.1 Å². The van der Waals surface area contributed by atoms with Gasteiger partial charge in [-0.1, -0.05) is 11.6 Å². The molecule has 0 radical (unpaired) electrons. The van der Waals surface area contributed by atoms with Gasteiger partial charge in [-0.3, -0.25) is 0 Å². The number of nitrogens with zero attached hydrogens (tertiary/aromatic N) is 6.